The molecule has 2 rings (SSSR count). The van der Waals surface area contributed by atoms with Crippen LogP contribution in [0.3, 0.4) is 0 Å². The van der Waals surface area contributed by atoms with Gasteiger partial charge in [-0.25, -0.2) is 4.79 Å². The van der Waals surface area contributed by atoms with Crippen molar-refractivity contribution in [3.8, 4) is 0 Å². The van der Waals surface area contributed by atoms with Gasteiger partial charge in [-0.15, -0.1) is 0 Å². The molecule has 116 valence electrons. The SMILES string of the molecule is CC(C)c1cc(CN(C)C(=O)CN2CCN(C)C2=O)no1. The van der Waals surface area contributed by atoms with E-state index in [2.05, 4.69) is 5.16 Å². The Morgan fingerprint density at radius 2 is 2.19 bits per heavy atom. The van der Waals surface area contributed by atoms with Crippen LogP contribution in [0.4, 0.5) is 4.79 Å². The molecule has 0 aromatic carbocycles. The fraction of sp³-hybridized carbons (Fsp3) is 0.643. The molecule has 7 heteroatoms. The van der Waals surface area contributed by atoms with Crippen molar-refractivity contribution in [2.24, 2.45) is 0 Å². The number of likely N-dealkylation sites (N-methyl/N-ethyl adjacent to an activating group) is 2. The number of hydrogen-bond donors (Lipinski definition) is 0. The van der Waals surface area contributed by atoms with Crippen LogP contribution in [0.2, 0.25) is 0 Å². The van der Waals surface area contributed by atoms with Gasteiger partial charge in [0.25, 0.3) is 0 Å². The zero-order valence-electron chi connectivity index (χ0n) is 13.0. The van der Waals surface area contributed by atoms with Crippen LogP contribution in [0.1, 0.15) is 31.2 Å². The summed E-state index contributed by atoms with van der Waals surface area (Å²) in [5, 5.41) is 3.96. The fourth-order valence-corrected chi connectivity index (χ4v) is 2.14. The lowest BCUT2D eigenvalue weighted by molar-refractivity contribution is -0.130. The van der Waals surface area contributed by atoms with Crippen molar-refractivity contribution in [2.45, 2.75) is 26.3 Å². The van der Waals surface area contributed by atoms with Gasteiger partial charge in [0.2, 0.25) is 5.91 Å². The standard InChI is InChI=1S/C14H22N4O3/c1-10(2)12-7-11(15-21-12)8-17(4)13(19)9-18-6-5-16(3)14(18)20/h7,10H,5-6,8-9H2,1-4H3. The molecular weight excluding hydrogens is 272 g/mol. The molecule has 0 bridgehead atoms. The van der Waals surface area contributed by atoms with Crippen LogP contribution < -0.4 is 0 Å². The molecule has 1 aromatic rings. The highest BCUT2D eigenvalue weighted by molar-refractivity contribution is 5.84. The van der Waals surface area contributed by atoms with Crippen molar-refractivity contribution in [3.63, 3.8) is 0 Å². The van der Waals surface area contributed by atoms with Crippen molar-refractivity contribution in [2.75, 3.05) is 33.7 Å². The second-order valence-corrected chi connectivity index (χ2v) is 5.75. The Hall–Kier alpha value is -2.05. The maximum Gasteiger partial charge on any atom is 0.320 e. The van der Waals surface area contributed by atoms with Gasteiger partial charge in [0.05, 0.1) is 6.54 Å². The summed E-state index contributed by atoms with van der Waals surface area (Å²) in [6.07, 6.45) is 0. The van der Waals surface area contributed by atoms with E-state index in [-0.39, 0.29) is 24.4 Å². The fourth-order valence-electron chi connectivity index (χ4n) is 2.14. The number of carbonyl (C=O) groups excluding carboxylic acids is 2. The predicted molar refractivity (Wildman–Crippen MR) is 76.7 cm³/mol. The van der Waals surface area contributed by atoms with Gasteiger partial charge in [-0.2, -0.15) is 0 Å². The summed E-state index contributed by atoms with van der Waals surface area (Å²) in [7, 11) is 3.44. The topological polar surface area (TPSA) is 69.9 Å². The molecule has 0 N–H and O–H groups in total. The number of nitrogens with zero attached hydrogens (tertiary/aromatic N) is 4. The van der Waals surface area contributed by atoms with Gasteiger partial charge in [0.1, 0.15) is 18.0 Å². The third-order valence-corrected chi connectivity index (χ3v) is 3.60. The molecular formula is C14H22N4O3. The molecule has 0 atom stereocenters. The minimum atomic E-state index is -0.104. The molecule has 0 radical (unpaired) electrons. The van der Waals surface area contributed by atoms with E-state index < -0.39 is 0 Å². The maximum atomic E-state index is 12.2. The van der Waals surface area contributed by atoms with Gasteiger partial charge in [-0.3, -0.25) is 4.79 Å². The van der Waals surface area contributed by atoms with Gasteiger partial charge < -0.3 is 19.2 Å². The Morgan fingerprint density at radius 3 is 2.71 bits per heavy atom. The molecule has 3 amide bonds. The summed E-state index contributed by atoms with van der Waals surface area (Å²) in [5.41, 5.74) is 0.722. The highest BCUT2D eigenvalue weighted by Gasteiger charge is 2.28. The minimum Gasteiger partial charge on any atom is -0.361 e. The quantitative estimate of drug-likeness (QED) is 0.816. The molecule has 1 fully saturated rings. The number of urea groups is 1. The van der Waals surface area contributed by atoms with Crippen LogP contribution in [0.15, 0.2) is 10.6 Å². The van der Waals surface area contributed by atoms with Crippen LogP contribution >= 0.6 is 0 Å². The van der Waals surface area contributed by atoms with Gasteiger partial charge in [-0.1, -0.05) is 19.0 Å². The predicted octanol–water partition coefficient (Wildman–Crippen LogP) is 1.12. The Kier molecular flexibility index (Phi) is 4.50. The third-order valence-electron chi connectivity index (χ3n) is 3.60. The average molecular weight is 294 g/mol. The largest absolute Gasteiger partial charge is 0.361 e. The Morgan fingerprint density at radius 1 is 1.48 bits per heavy atom. The Labute approximate surface area is 124 Å². The summed E-state index contributed by atoms with van der Waals surface area (Å²) in [6, 6.07) is 1.77. The third kappa shape index (κ3) is 3.53. The van der Waals surface area contributed by atoms with E-state index in [1.165, 1.54) is 0 Å². The van der Waals surface area contributed by atoms with Crippen molar-refractivity contribution in [3.05, 3.63) is 17.5 Å². The number of amides is 3. The first-order chi connectivity index (χ1) is 9.88. The Balaban J connectivity index is 1.89. The van der Waals surface area contributed by atoms with Gasteiger partial charge in [-0.05, 0) is 0 Å². The summed E-state index contributed by atoms with van der Waals surface area (Å²) >= 11 is 0. The first kappa shape index (κ1) is 15.3. The number of rotatable bonds is 5. The highest BCUT2D eigenvalue weighted by atomic mass is 16.5. The molecule has 1 aliphatic rings. The molecule has 0 saturated carbocycles. The van der Waals surface area contributed by atoms with Crippen molar-refractivity contribution >= 4 is 11.9 Å². The summed E-state index contributed by atoms with van der Waals surface area (Å²) < 4.78 is 5.21. The lowest BCUT2D eigenvalue weighted by Gasteiger charge is -2.20. The monoisotopic (exact) mass is 294 g/mol. The molecule has 0 aliphatic carbocycles. The van der Waals surface area contributed by atoms with E-state index >= 15 is 0 Å². The van der Waals surface area contributed by atoms with E-state index in [0.717, 1.165) is 11.5 Å². The van der Waals surface area contributed by atoms with E-state index in [0.29, 0.717) is 19.6 Å². The molecule has 0 spiro atoms. The van der Waals surface area contributed by atoms with Crippen LogP contribution in [0.25, 0.3) is 0 Å². The molecule has 2 heterocycles. The average Bonchev–Trinajstić information content (AvgIpc) is 3.01. The van der Waals surface area contributed by atoms with E-state index in [4.69, 9.17) is 4.52 Å². The smallest absolute Gasteiger partial charge is 0.320 e. The van der Waals surface area contributed by atoms with Crippen molar-refractivity contribution in [1.82, 2.24) is 19.9 Å². The van der Waals surface area contributed by atoms with Crippen LogP contribution in [-0.4, -0.2) is 65.5 Å². The maximum absolute atomic E-state index is 12.2. The zero-order chi connectivity index (χ0) is 15.6. The van der Waals surface area contributed by atoms with Gasteiger partial charge >= 0.3 is 6.03 Å². The zero-order valence-corrected chi connectivity index (χ0v) is 13.0. The lowest BCUT2D eigenvalue weighted by Crippen LogP contribution is -2.39. The first-order valence-corrected chi connectivity index (χ1v) is 7.08. The van der Waals surface area contributed by atoms with Crippen molar-refractivity contribution < 1.29 is 14.1 Å². The molecule has 1 saturated heterocycles. The number of aromatic nitrogens is 1. The minimum absolute atomic E-state index is 0.0970. The van der Waals surface area contributed by atoms with Crippen molar-refractivity contribution in [1.29, 1.82) is 0 Å². The number of carbonyl (C=O) groups is 2. The second-order valence-electron chi connectivity index (χ2n) is 5.75. The first-order valence-electron chi connectivity index (χ1n) is 7.08. The summed E-state index contributed by atoms with van der Waals surface area (Å²) in [4.78, 5) is 28.6. The normalized spacial score (nSPS) is 15.2. The highest BCUT2D eigenvalue weighted by Crippen LogP contribution is 2.16. The van der Waals surface area contributed by atoms with Crippen LogP contribution in [0, 0.1) is 0 Å². The second kappa shape index (κ2) is 6.15. The Bertz CT molecular complexity index is 526. The van der Waals surface area contributed by atoms with E-state index in [1.807, 2.05) is 19.9 Å². The molecule has 1 aromatic heterocycles. The lowest BCUT2D eigenvalue weighted by atomic mass is 10.1. The summed E-state index contributed by atoms with van der Waals surface area (Å²) in [6.45, 7) is 5.79. The van der Waals surface area contributed by atoms with Crippen LogP contribution in [-0.2, 0) is 11.3 Å². The number of hydrogen-bond acceptors (Lipinski definition) is 4. The van der Waals surface area contributed by atoms with Crippen LogP contribution in [0.5, 0.6) is 0 Å². The molecule has 1 aliphatic heterocycles. The molecule has 7 nitrogen and oxygen atoms in total. The molecule has 0 unspecified atom stereocenters. The van der Waals surface area contributed by atoms with E-state index in [1.54, 1.807) is 28.8 Å². The summed E-state index contributed by atoms with van der Waals surface area (Å²) in [5.74, 6) is 0.972. The van der Waals surface area contributed by atoms with Gasteiger partial charge in [0, 0.05) is 39.2 Å². The van der Waals surface area contributed by atoms with Gasteiger partial charge in [0.15, 0.2) is 0 Å². The van der Waals surface area contributed by atoms with E-state index in [9.17, 15) is 9.59 Å². The molecule has 21 heavy (non-hydrogen) atoms.